The molecule has 1 aromatic rings. The Morgan fingerprint density at radius 3 is 1.88 bits per heavy atom. The summed E-state index contributed by atoms with van der Waals surface area (Å²) in [6.07, 6.45) is 0. The third kappa shape index (κ3) is 3.06. The number of benzene rings is 1. The van der Waals surface area contributed by atoms with E-state index in [4.69, 9.17) is 9.84 Å². The first-order chi connectivity index (χ1) is 7.69. The predicted octanol–water partition coefficient (Wildman–Crippen LogP) is 0.970. The van der Waals surface area contributed by atoms with Crippen molar-refractivity contribution in [2.75, 3.05) is 13.4 Å². The van der Waals surface area contributed by atoms with Gasteiger partial charge in [-0.25, -0.2) is 9.59 Å². The van der Waals surface area contributed by atoms with Gasteiger partial charge in [0.2, 0.25) is 0 Å². The van der Waals surface area contributed by atoms with E-state index in [0.29, 0.717) is 12.2 Å². The number of ether oxygens (including phenoxy) is 2. The van der Waals surface area contributed by atoms with Gasteiger partial charge in [-0.3, -0.25) is 0 Å². The van der Waals surface area contributed by atoms with Gasteiger partial charge in [-0.1, -0.05) is 0 Å². The third-order valence-electron chi connectivity index (χ3n) is 1.83. The van der Waals surface area contributed by atoms with Gasteiger partial charge in [0.15, 0.2) is 6.79 Å². The molecule has 0 saturated heterocycles. The van der Waals surface area contributed by atoms with Crippen LogP contribution in [0.2, 0.25) is 0 Å². The third-order valence-corrected chi connectivity index (χ3v) is 1.83. The second kappa shape index (κ2) is 5.87. The fraction of sp³-hybridized carbons (Fsp3) is 0.273. The fourth-order valence-electron chi connectivity index (χ4n) is 1.10. The maximum absolute atomic E-state index is 11.3. The molecule has 0 atom stereocenters. The van der Waals surface area contributed by atoms with Gasteiger partial charge in [-0.05, 0) is 31.2 Å². The van der Waals surface area contributed by atoms with Gasteiger partial charge in [0, 0.05) is 0 Å². The van der Waals surface area contributed by atoms with E-state index in [0.717, 1.165) is 0 Å². The molecule has 0 fully saturated rings. The van der Waals surface area contributed by atoms with E-state index in [1.165, 1.54) is 24.3 Å². The molecule has 0 spiro atoms. The molecular formula is C11H12O5. The molecule has 0 heterocycles. The van der Waals surface area contributed by atoms with Crippen molar-refractivity contribution in [1.82, 2.24) is 0 Å². The quantitative estimate of drug-likeness (QED) is 0.609. The van der Waals surface area contributed by atoms with Crippen LogP contribution in [0.15, 0.2) is 24.3 Å². The molecule has 0 aromatic heterocycles. The van der Waals surface area contributed by atoms with Crippen molar-refractivity contribution in [3.8, 4) is 0 Å². The zero-order valence-electron chi connectivity index (χ0n) is 8.80. The highest BCUT2D eigenvalue weighted by molar-refractivity contribution is 5.93. The normalized spacial score (nSPS) is 9.62. The van der Waals surface area contributed by atoms with Crippen LogP contribution >= 0.6 is 0 Å². The largest absolute Gasteiger partial charge is 0.462 e. The first-order valence-corrected chi connectivity index (χ1v) is 4.74. The van der Waals surface area contributed by atoms with Crippen LogP contribution in [0.5, 0.6) is 0 Å². The molecule has 1 aromatic carbocycles. The van der Waals surface area contributed by atoms with Crippen LogP contribution in [0.4, 0.5) is 0 Å². The lowest BCUT2D eigenvalue weighted by molar-refractivity contribution is 0.00679. The number of aliphatic hydroxyl groups is 1. The lowest BCUT2D eigenvalue weighted by Gasteiger charge is -2.03. The molecule has 0 amide bonds. The van der Waals surface area contributed by atoms with E-state index in [1.54, 1.807) is 6.92 Å². The van der Waals surface area contributed by atoms with Crippen LogP contribution in [0.3, 0.4) is 0 Å². The van der Waals surface area contributed by atoms with Crippen LogP contribution in [0.25, 0.3) is 0 Å². The van der Waals surface area contributed by atoms with Crippen molar-refractivity contribution < 1.29 is 24.2 Å². The lowest BCUT2D eigenvalue weighted by Crippen LogP contribution is -2.08. The minimum absolute atomic E-state index is 0.266. The van der Waals surface area contributed by atoms with E-state index >= 15 is 0 Å². The summed E-state index contributed by atoms with van der Waals surface area (Å²) in [5, 5.41) is 8.39. The molecular weight excluding hydrogens is 212 g/mol. The zero-order chi connectivity index (χ0) is 12.0. The molecule has 86 valence electrons. The molecule has 0 saturated carbocycles. The van der Waals surface area contributed by atoms with Crippen LogP contribution < -0.4 is 0 Å². The SMILES string of the molecule is CCOC(=O)c1ccc(C(=O)OCO)cc1. The van der Waals surface area contributed by atoms with Gasteiger partial charge in [-0.2, -0.15) is 0 Å². The van der Waals surface area contributed by atoms with Crippen molar-refractivity contribution >= 4 is 11.9 Å². The van der Waals surface area contributed by atoms with Crippen LogP contribution in [-0.2, 0) is 9.47 Å². The number of carbonyl (C=O) groups is 2. The van der Waals surface area contributed by atoms with Crippen molar-refractivity contribution in [2.45, 2.75) is 6.92 Å². The second-order valence-corrected chi connectivity index (χ2v) is 2.86. The molecule has 0 unspecified atom stereocenters. The summed E-state index contributed by atoms with van der Waals surface area (Å²) in [6.45, 7) is 1.34. The molecule has 5 nitrogen and oxygen atoms in total. The summed E-state index contributed by atoms with van der Waals surface area (Å²) in [6, 6.07) is 5.80. The summed E-state index contributed by atoms with van der Waals surface area (Å²) in [5.74, 6) is -1.08. The van der Waals surface area contributed by atoms with Gasteiger partial charge in [-0.15, -0.1) is 0 Å². The number of aliphatic hydroxyl groups excluding tert-OH is 1. The number of hydrogen-bond acceptors (Lipinski definition) is 5. The Kier molecular flexibility index (Phi) is 4.47. The van der Waals surface area contributed by atoms with Gasteiger partial charge >= 0.3 is 11.9 Å². The van der Waals surface area contributed by atoms with Crippen LogP contribution in [0.1, 0.15) is 27.6 Å². The van der Waals surface area contributed by atoms with Crippen LogP contribution in [0, 0.1) is 0 Å². The highest BCUT2D eigenvalue weighted by atomic mass is 16.6. The van der Waals surface area contributed by atoms with Crippen molar-refractivity contribution in [1.29, 1.82) is 0 Å². The summed E-state index contributed by atoms with van der Waals surface area (Å²) < 4.78 is 9.16. The molecule has 0 aliphatic rings. The van der Waals surface area contributed by atoms with E-state index in [9.17, 15) is 9.59 Å². The topological polar surface area (TPSA) is 72.8 Å². The summed E-state index contributed by atoms with van der Waals surface area (Å²) >= 11 is 0. The van der Waals surface area contributed by atoms with Crippen LogP contribution in [-0.4, -0.2) is 30.4 Å². The van der Waals surface area contributed by atoms with Gasteiger partial charge in [0.25, 0.3) is 0 Å². The standard InChI is InChI=1S/C11H12O5/c1-2-15-10(13)8-3-5-9(6-4-8)11(14)16-7-12/h3-6,12H,2,7H2,1H3. The summed E-state index contributed by atoms with van der Waals surface area (Å²) in [5.41, 5.74) is 0.629. The lowest BCUT2D eigenvalue weighted by atomic mass is 10.1. The zero-order valence-corrected chi connectivity index (χ0v) is 8.80. The van der Waals surface area contributed by atoms with Crippen molar-refractivity contribution in [3.63, 3.8) is 0 Å². The number of esters is 2. The van der Waals surface area contributed by atoms with Crippen molar-refractivity contribution in [2.24, 2.45) is 0 Å². The Morgan fingerprint density at radius 1 is 1.06 bits per heavy atom. The fourth-order valence-corrected chi connectivity index (χ4v) is 1.10. The van der Waals surface area contributed by atoms with Gasteiger partial charge in [0.1, 0.15) is 0 Å². The monoisotopic (exact) mass is 224 g/mol. The van der Waals surface area contributed by atoms with E-state index in [1.807, 2.05) is 0 Å². The molecule has 0 radical (unpaired) electrons. The maximum Gasteiger partial charge on any atom is 0.340 e. The predicted molar refractivity (Wildman–Crippen MR) is 54.9 cm³/mol. The minimum Gasteiger partial charge on any atom is -0.462 e. The van der Waals surface area contributed by atoms with E-state index < -0.39 is 18.7 Å². The van der Waals surface area contributed by atoms with E-state index in [-0.39, 0.29) is 5.56 Å². The molecule has 1 rings (SSSR count). The summed E-state index contributed by atoms with van der Waals surface area (Å²) in [4.78, 5) is 22.4. The second-order valence-electron chi connectivity index (χ2n) is 2.86. The average Bonchev–Trinajstić information content (AvgIpc) is 2.30. The minimum atomic E-state index is -0.668. The number of hydrogen-bond donors (Lipinski definition) is 1. The highest BCUT2D eigenvalue weighted by Gasteiger charge is 2.09. The maximum atomic E-state index is 11.3. The Morgan fingerprint density at radius 2 is 1.50 bits per heavy atom. The molecule has 5 heteroatoms. The highest BCUT2D eigenvalue weighted by Crippen LogP contribution is 2.07. The molecule has 0 aliphatic carbocycles. The van der Waals surface area contributed by atoms with E-state index in [2.05, 4.69) is 4.74 Å². The Hall–Kier alpha value is -1.88. The van der Waals surface area contributed by atoms with Crippen molar-refractivity contribution in [3.05, 3.63) is 35.4 Å². The smallest absolute Gasteiger partial charge is 0.340 e. The molecule has 1 N–H and O–H groups in total. The average molecular weight is 224 g/mol. The van der Waals surface area contributed by atoms with Gasteiger partial charge < -0.3 is 14.6 Å². The Balaban J connectivity index is 2.75. The molecule has 0 aliphatic heterocycles. The molecule has 0 bridgehead atoms. The number of rotatable bonds is 4. The van der Waals surface area contributed by atoms with Gasteiger partial charge in [0.05, 0.1) is 17.7 Å². The first-order valence-electron chi connectivity index (χ1n) is 4.74. The summed E-state index contributed by atoms with van der Waals surface area (Å²) in [7, 11) is 0. The Labute approximate surface area is 92.6 Å². The first kappa shape index (κ1) is 12.2. The number of carbonyl (C=O) groups excluding carboxylic acids is 2. The molecule has 16 heavy (non-hydrogen) atoms. The Bertz CT molecular complexity index is 331.